The minimum absolute atomic E-state index is 0.0851. The zero-order valence-corrected chi connectivity index (χ0v) is 15.3. The summed E-state index contributed by atoms with van der Waals surface area (Å²) in [5, 5.41) is 5.32. The summed E-state index contributed by atoms with van der Waals surface area (Å²) in [6.45, 7) is 2.73. The smallest absolute Gasteiger partial charge is 0.143 e. The van der Waals surface area contributed by atoms with Crippen molar-refractivity contribution < 1.29 is 8.78 Å². The van der Waals surface area contributed by atoms with E-state index >= 15 is 0 Å². The summed E-state index contributed by atoms with van der Waals surface area (Å²) in [7, 11) is 0. The Bertz CT molecular complexity index is 603. The van der Waals surface area contributed by atoms with Crippen molar-refractivity contribution in [3.8, 4) is 0 Å². The van der Waals surface area contributed by atoms with Crippen molar-refractivity contribution in [2.24, 2.45) is 0 Å². The van der Waals surface area contributed by atoms with Gasteiger partial charge in [0.05, 0.1) is 7.36 Å². The van der Waals surface area contributed by atoms with Crippen molar-refractivity contribution in [3.63, 3.8) is 0 Å². The Balaban J connectivity index is 2.31. The molecule has 0 saturated carbocycles. The quantitative estimate of drug-likeness (QED) is 0.461. The summed E-state index contributed by atoms with van der Waals surface area (Å²) < 4.78 is 29.4. The van der Waals surface area contributed by atoms with Crippen molar-refractivity contribution in [2.45, 2.75) is 19.4 Å². The van der Waals surface area contributed by atoms with Crippen molar-refractivity contribution in [1.29, 1.82) is 0 Å². The third kappa shape index (κ3) is 3.78. The highest BCUT2D eigenvalue weighted by Crippen LogP contribution is 2.29. The van der Waals surface area contributed by atoms with Crippen LogP contribution < -0.4 is 5.32 Å². The van der Waals surface area contributed by atoms with Gasteiger partial charge in [-0.05, 0) is 80.6 Å². The van der Waals surface area contributed by atoms with Crippen LogP contribution in [0.15, 0.2) is 28.1 Å². The molecule has 1 heterocycles. The van der Waals surface area contributed by atoms with Gasteiger partial charge in [0.1, 0.15) is 11.6 Å². The Morgan fingerprint density at radius 3 is 2.75 bits per heavy atom. The van der Waals surface area contributed by atoms with Gasteiger partial charge in [0, 0.05) is 11.6 Å². The van der Waals surface area contributed by atoms with E-state index in [9.17, 15) is 8.78 Å². The van der Waals surface area contributed by atoms with Crippen LogP contribution in [0.2, 0.25) is 0 Å². The van der Waals surface area contributed by atoms with E-state index in [0.29, 0.717) is 4.47 Å². The van der Waals surface area contributed by atoms with Gasteiger partial charge < -0.3 is 5.32 Å². The molecular weight excluding hydrogens is 459 g/mol. The van der Waals surface area contributed by atoms with Crippen molar-refractivity contribution in [2.75, 3.05) is 6.54 Å². The lowest BCUT2D eigenvalue weighted by atomic mass is 10.0. The molecule has 2 rings (SSSR count). The van der Waals surface area contributed by atoms with E-state index < -0.39 is 11.6 Å². The van der Waals surface area contributed by atoms with Crippen molar-refractivity contribution in [1.82, 2.24) is 5.32 Å². The highest BCUT2D eigenvalue weighted by molar-refractivity contribution is 14.1. The molecule has 0 radical (unpaired) electrons. The molecule has 6 heteroatoms. The summed E-state index contributed by atoms with van der Waals surface area (Å²) in [6, 6.07) is 4.65. The average Bonchev–Trinajstić information content (AvgIpc) is 2.84. The Labute approximate surface area is 143 Å². The SMILES string of the molecule is CCNC(Cc1c(F)ccc(Br)c1F)c1csc(I)c1. The van der Waals surface area contributed by atoms with E-state index in [1.165, 1.54) is 12.1 Å². The number of benzene rings is 1. The highest BCUT2D eigenvalue weighted by Gasteiger charge is 2.19. The molecule has 1 aromatic heterocycles. The molecule has 1 nitrogen and oxygen atoms in total. The van der Waals surface area contributed by atoms with E-state index in [1.54, 1.807) is 11.3 Å². The fourth-order valence-corrected chi connectivity index (χ4v) is 3.82. The second-order valence-corrected chi connectivity index (χ2v) is 7.98. The van der Waals surface area contributed by atoms with Gasteiger partial charge in [0.2, 0.25) is 0 Å². The van der Waals surface area contributed by atoms with Gasteiger partial charge in [-0.2, -0.15) is 0 Å². The number of rotatable bonds is 5. The van der Waals surface area contributed by atoms with Crippen LogP contribution in [-0.2, 0) is 6.42 Å². The molecule has 1 aromatic carbocycles. The zero-order chi connectivity index (χ0) is 14.7. The molecule has 0 bridgehead atoms. The monoisotopic (exact) mass is 471 g/mol. The first kappa shape index (κ1) is 16.3. The summed E-state index contributed by atoms with van der Waals surface area (Å²) in [6.07, 6.45) is 0.289. The maximum absolute atomic E-state index is 14.1. The first-order chi connectivity index (χ1) is 9.52. The Kier molecular flexibility index (Phi) is 5.95. The molecular formula is C14H13BrF2INS. The molecule has 0 amide bonds. The Morgan fingerprint density at radius 2 is 2.15 bits per heavy atom. The van der Waals surface area contributed by atoms with E-state index in [-0.39, 0.29) is 18.0 Å². The lowest BCUT2D eigenvalue weighted by Crippen LogP contribution is -2.23. The minimum Gasteiger partial charge on any atom is -0.310 e. The zero-order valence-electron chi connectivity index (χ0n) is 10.7. The van der Waals surface area contributed by atoms with Crippen LogP contribution in [-0.4, -0.2) is 6.54 Å². The number of thiophene rings is 1. The number of nitrogens with one attached hydrogen (secondary N) is 1. The molecule has 0 saturated heterocycles. The van der Waals surface area contributed by atoms with Gasteiger partial charge >= 0.3 is 0 Å². The van der Waals surface area contributed by atoms with Gasteiger partial charge in [0.15, 0.2) is 0 Å². The van der Waals surface area contributed by atoms with Gasteiger partial charge in [-0.15, -0.1) is 11.3 Å². The second kappa shape index (κ2) is 7.29. The van der Waals surface area contributed by atoms with Crippen LogP contribution in [0.4, 0.5) is 8.78 Å². The molecule has 1 N–H and O–H groups in total. The van der Waals surface area contributed by atoms with Crippen molar-refractivity contribution >= 4 is 49.9 Å². The number of likely N-dealkylation sites (N-methyl/N-ethyl adjacent to an activating group) is 1. The first-order valence-corrected chi connectivity index (χ1v) is 8.87. The van der Waals surface area contributed by atoms with Crippen molar-refractivity contribution in [3.05, 3.63) is 53.7 Å². The molecule has 108 valence electrons. The molecule has 1 unspecified atom stereocenters. The minimum atomic E-state index is -0.516. The van der Waals surface area contributed by atoms with Gasteiger partial charge in [0.25, 0.3) is 0 Å². The Hall–Kier alpha value is -0.0500. The highest BCUT2D eigenvalue weighted by atomic mass is 127. The molecule has 1 atom stereocenters. The van der Waals surface area contributed by atoms with Crippen LogP contribution in [0, 0.1) is 14.5 Å². The van der Waals surface area contributed by atoms with E-state index in [1.807, 2.05) is 18.4 Å². The lowest BCUT2D eigenvalue weighted by Gasteiger charge is -2.18. The molecule has 0 spiro atoms. The largest absolute Gasteiger partial charge is 0.310 e. The van der Waals surface area contributed by atoms with Crippen LogP contribution in [0.5, 0.6) is 0 Å². The van der Waals surface area contributed by atoms with Gasteiger partial charge in [-0.3, -0.25) is 0 Å². The average molecular weight is 472 g/mol. The normalized spacial score (nSPS) is 12.7. The summed E-state index contributed by atoms with van der Waals surface area (Å²) in [5.74, 6) is -1.02. The van der Waals surface area contributed by atoms with Crippen LogP contribution in [0.3, 0.4) is 0 Å². The predicted octanol–water partition coefficient (Wildman–Crippen LogP) is 5.29. The first-order valence-electron chi connectivity index (χ1n) is 6.12. The number of hydrogen-bond acceptors (Lipinski definition) is 2. The molecule has 0 aliphatic rings. The summed E-state index contributed by atoms with van der Waals surface area (Å²) in [5.41, 5.74) is 1.19. The van der Waals surface area contributed by atoms with E-state index in [0.717, 1.165) is 15.0 Å². The third-order valence-corrected chi connectivity index (χ3v) is 5.41. The van der Waals surface area contributed by atoms with Gasteiger partial charge in [-0.25, -0.2) is 8.78 Å². The Morgan fingerprint density at radius 1 is 1.40 bits per heavy atom. The standard InChI is InChI=1S/C14H13BrF2INS/c1-2-19-12(8-5-13(18)20-7-8)6-9-11(16)4-3-10(15)14(9)17/h3-5,7,12,19H,2,6H2,1H3. The summed E-state index contributed by atoms with van der Waals surface area (Å²) in [4.78, 5) is 0. The topological polar surface area (TPSA) is 12.0 Å². The van der Waals surface area contributed by atoms with Crippen LogP contribution >= 0.6 is 49.9 Å². The predicted molar refractivity (Wildman–Crippen MR) is 91.2 cm³/mol. The molecule has 2 aromatic rings. The third-order valence-electron chi connectivity index (χ3n) is 2.99. The summed E-state index contributed by atoms with van der Waals surface area (Å²) >= 11 is 6.99. The number of hydrogen-bond donors (Lipinski definition) is 1. The van der Waals surface area contributed by atoms with Crippen LogP contribution in [0.1, 0.15) is 24.1 Å². The van der Waals surface area contributed by atoms with E-state index in [2.05, 4.69) is 43.8 Å². The van der Waals surface area contributed by atoms with Crippen LogP contribution in [0.25, 0.3) is 0 Å². The lowest BCUT2D eigenvalue weighted by molar-refractivity contribution is 0.498. The molecule has 20 heavy (non-hydrogen) atoms. The molecule has 0 aliphatic carbocycles. The maximum atomic E-state index is 14.1. The number of halogens is 4. The fourth-order valence-electron chi connectivity index (χ4n) is 2.02. The fraction of sp³-hybridized carbons (Fsp3) is 0.286. The van der Waals surface area contributed by atoms with Gasteiger partial charge in [-0.1, -0.05) is 6.92 Å². The molecule has 0 aliphatic heterocycles. The van der Waals surface area contributed by atoms with E-state index in [4.69, 9.17) is 0 Å². The second-order valence-electron chi connectivity index (χ2n) is 4.32. The maximum Gasteiger partial charge on any atom is 0.143 e. The molecule has 0 fully saturated rings.